The molecule has 0 radical (unpaired) electrons. The Kier molecular flexibility index (Phi) is 7.36. The van der Waals surface area contributed by atoms with E-state index in [0.717, 1.165) is 34.4 Å². The van der Waals surface area contributed by atoms with Crippen LogP contribution in [0.3, 0.4) is 0 Å². The first-order valence-corrected chi connectivity index (χ1v) is 10.2. The molecular formula is C25H30O4. The molecule has 0 saturated carbocycles. The Bertz CT molecular complexity index is 904. The van der Waals surface area contributed by atoms with Crippen LogP contribution in [0.2, 0.25) is 0 Å². The summed E-state index contributed by atoms with van der Waals surface area (Å²) >= 11 is 0. The lowest BCUT2D eigenvalue weighted by atomic mass is 9.99. The van der Waals surface area contributed by atoms with Gasteiger partial charge < -0.3 is 18.9 Å². The van der Waals surface area contributed by atoms with Crippen molar-refractivity contribution in [1.82, 2.24) is 0 Å². The predicted molar refractivity (Wildman–Crippen MR) is 117 cm³/mol. The van der Waals surface area contributed by atoms with Crippen molar-refractivity contribution in [1.29, 1.82) is 0 Å². The van der Waals surface area contributed by atoms with Gasteiger partial charge in [0, 0.05) is 10.8 Å². The molecule has 4 heteroatoms. The van der Waals surface area contributed by atoms with Crippen molar-refractivity contribution in [2.75, 3.05) is 20.3 Å². The van der Waals surface area contributed by atoms with Gasteiger partial charge in [0.25, 0.3) is 0 Å². The van der Waals surface area contributed by atoms with Gasteiger partial charge >= 0.3 is 0 Å². The van der Waals surface area contributed by atoms with Crippen LogP contribution in [0.15, 0.2) is 60.7 Å². The fourth-order valence-electron chi connectivity index (χ4n) is 3.26. The van der Waals surface area contributed by atoms with Crippen LogP contribution in [0.4, 0.5) is 0 Å². The first-order chi connectivity index (χ1) is 14.1. The molecule has 0 fully saturated rings. The molecule has 0 aliphatic heterocycles. The Morgan fingerprint density at radius 3 is 2.10 bits per heavy atom. The lowest BCUT2D eigenvalue weighted by Crippen LogP contribution is -2.20. The number of rotatable bonds is 10. The number of methoxy groups -OCH3 is 1. The molecule has 3 aromatic carbocycles. The standard InChI is InChI=1S/C25H30O4/c1-5-18(2)20-12-14-21(15-13-20)29-19(3)27-16-17-28-25-11-7-8-22-23(25)9-6-10-24(22)26-4/h6-15,18-19H,5,16-17H2,1-4H3. The van der Waals surface area contributed by atoms with Crippen LogP contribution in [0, 0.1) is 0 Å². The molecule has 0 spiro atoms. The molecule has 0 aliphatic rings. The number of hydrogen-bond acceptors (Lipinski definition) is 4. The summed E-state index contributed by atoms with van der Waals surface area (Å²) in [5, 5.41) is 2.06. The molecule has 0 heterocycles. The van der Waals surface area contributed by atoms with Crippen LogP contribution < -0.4 is 14.2 Å². The first kappa shape index (κ1) is 21.0. The van der Waals surface area contributed by atoms with E-state index in [4.69, 9.17) is 18.9 Å². The maximum Gasteiger partial charge on any atom is 0.197 e. The van der Waals surface area contributed by atoms with Gasteiger partial charge in [-0.15, -0.1) is 0 Å². The fourth-order valence-corrected chi connectivity index (χ4v) is 3.26. The van der Waals surface area contributed by atoms with Gasteiger partial charge in [-0.2, -0.15) is 0 Å². The summed E-state index contributed by atoms with van der Waals surface area (Å²) in [6.45, 7) is 7.20. The minimum absolute atomic E-state index is 0.347. The van der Waals surface area contributed by atoms with Gasteiger partial charge in [0.15, 0.2) is 6.29 Å². The molecule has 154 valence electrons. The van der Waals surface area contributed by atoms with E-state index in [1.807, 2.05) is 55.5 Å². The van der Waals surface area contributed by atoms with Crippen LogP contribution in [0.5, 0.6) is 17.2 Å². The van der Waals surface area contributed by atoms with E-state index in [2.05, 4.69) is 26.0 Å². The van der Waals surface area contributed by atoms with E-state index in [1.165, 1.54) is 5.56 Å². The van der Waals surface area contributed by atoms with Crippen molar-refractivity contribution in [3.05, 3.63) is 66.2 Å². The highest BCUT2D eigenvalue weighted by molar-refractivity contribution is 5.93. The third-order valence-electron chi connectivity index (χ3n) is 5.12. The average molecular weight is 395 g/mol. The Morgan fingerprint density at radius 1 is 0.793 bits per heavy atom. The van der Waals surface area contributed by atoms with Crippen molar-refractivity contribution in [2.24, 2.45) is 0 Å². The molecule has 0 saturated heterocycles. The van der Waals surface area contributed by atoms with E-state index in [1.54, 1.807) is 7.11 Å². The molecule has 0 aromatic heterocycles. The maximum atomic E-state index is 5.94. The lowest BCUT2D eigenvalue weighted by Gasteiger charge is -2.17. The van der Waals surface area contributed by atoms with Crippen LogP contribution in [-0.4, -0.2) is 26.6 Å². The maximum absolute atomic E-state index is 5.94. The molecule has 3 rings (SSSR count). The molecule has 0 N–H and O–H groups in total. The third kappa shape index (κ3) is 5.42. The zero-order valence-corrected chi connectivity index (χ0v) is 17.7. The second-order valence-electron chi connectivity index (χ2n) is 7.09. The zero-order valence-electron chi connectivity index (χ0n) is 17.7. The number of hydrogen-bond donors (Lipinski definition) is 0. The molecule has 2 unspecified atom stereocenters. The number of fused-ring (bicyclic) bond motifs is 1. The largest absolute Gasteiger partial charge is 0.496 e. The Labute approximate surface area is 173 Å². The molecule has 4 nitrogen and oxygen atoms in total. The summed E-state index contributed by atoms with van der Waals surface area (Å²) in [4.78, 5) is 0. The van der Waals surface area contributed by atoms with Gasteiger partial charge in [-0.25, -0.2) is 0 Å². The normalized spacial score (nSPS) is 13.1. The fraction of sp³-hybridized carbons (Fsp3) is 0.360. The molecule has 3 aromatic rings. The van der Waals surface area contributed by atoms with Crippen LogP contribution in [0.25, 0.3) is 10.8 Å². The highest BCUT2D eigenvalue weighted by atomic mass is 16.7. The van der Waals surface area contributed by atoms with Gasteiger partial charge in [0.2, 0.25) is 0 Å². The van der Waals surface area contributed by atoms with Crippen molar-refractivity contribution < 1.29 is 18.9 Å². The molecule has 0 bridgehead atoms. The lowest BCUT2D eigenvalue weighted by molar-refractivity contribution is -0.0738. The topological polar surface area (TPSA) is 36.9 Å². The molecule has 0 aliphatic carbocycles. The van der Waals surface area contributed by atoms with Crippen molar-refractivity contribution in [2.45, 2.75) is 39.4 Å². The minimum atomic E-state index is -0.347. The third-order valence-corrected chi connectivity index (χ3v) is 5.12. The summed E-state index contributed by atoms with van der Waals surface area (Å²) in [5.74, 6) is 3.03. The van der Waals surface area contributed by atoms with E-state index in [9.17, 15) is 0 Å². The van der Waals surface area contributed by atoms with Gasteiger partial charge in [0.05, 0.1) is 13.7 Å². The molecular weight excluding hydrogens is 364 g/mol. The van der Waals surface area contributed by atoms with E-state index < -0.39 is 0 Å². The van der Waals surface area contributed by atoms with E-state index in [-0.39, 0.29) is 6.29 Å². The van der Waals surface area contributed by atoms with E-state index in [0.29, 0.717) is 19.1 Å². The Balaban J connectivity index is 1.49. The summed E-state index contributed by atoms with van der Waals surface area (Å²) in [6, 6.07) is 20.1. The smallest absolute Gasteiger partial charge is 0.197 e. The monoisotopic (exact) mass is 394 g/mol. The Hall–Kier alpha value is -2.72. The van der Waals surface area contributed by atoms with E-state index >= 15 is 0 Å². The molecule has 0 amide bonds. The predicted octanol–water partition coefficient (Wildman–Crippen LogP) is 6.18. The van der Waals surface area contributed by atoms with Gasteiger partial charge in [-0.1, -0.05) is 50.2 Å². The summed E-state index contributed by atoms with van der Waals surface area (Å²) in [5.41, 5.74) is 1.33. The minimum Gasteiger partial charge on any atom is -0.496 e. The highest BCUT2D eigenvalue weighted by Crippen LogP contribution is 2.31. The highest BCUT2D eigenvalue weighted by Gasteiger charge is 2.08. The second-order valence-corrected chi connectivity index (χ2v) is 7.09. The summed E-state index contributed by atoms with van der Waals surface area (Å²) < 4.78 is 23.0. The van der Waals surface area contributed by atoms with Gasteiger partial charge in [-0.3, -0.25) is 0 Å². The van der Waals surface area contributed by atoms with Crippen LogP contribution in [-0.2, 0) is 4.74 Å². The Morgan fingerprint density at radius 2 is 1.45 bits per heavy atom. The number of ether oxygens (including phenoxy) is 4. The number of benzene rings is 3. The molecule has 29 heavy (non-hydrogen) atoms. The zero-order chi connectivity index (χ0) is 20.6. The second kappa shape index (κ2) is 10.2. The quantitative estimate of drug-likeness (QED) is 0.304. The van der Waals surface area contributed by atoms with Crippen molar-refractivity contribution >= 4 is 10.8 Å². The average Bonchev–Trinajstić information content (AvgIpc) is 2.76. The van der Waals surface area contributed by atoms with Gasteiger partial charge in [-0.05, 0) is 49.1 Å². The van der Waals surface area contributed by atoms with Gasteiger partial charge in [0.1, 0.15) is 23.9 Å². The van der Waals surface area contributed by atoms with Crippen LogP contribution in [0.1, 0.15) is 38.7 Å². The van der Waals surface area contributed by atoms with Crippen LogP contribution >= 0.6 is 0 Å². The SMILES string of the molecule is CCC(C)c1ccc(OC(C)OCCOc2cccc3c(OC)cccc23)cc1. The summed E-state index contributed by atoms with van der Waals surface area (Å²) in [7, 11) is 1.68. The summed E-state index contributed by atoms with van der Waals surface area (Å²) in [6.07, 6.45) is 0.782. The molecule has 2 atom stereocenters. The van der Waals surface area contributed by atoms with Crippen molar-refractivity contribution in [3.63, 3.8) is 0 Å². The van der Waals surface area contributed by atoms with Crippen molar-refractivity contribution in [3.8, 4) is 17.2 Å². The first-order valence-electron chi connectivity index (χ1n) is 10.2.